The number of methoxy groups -OCH3 is 1. The van der Waals surface area contributed by atoms with Crippen LogP contribution in [-0.4, -0.2) is 13.1 Å². The van der Waals surface area contributed by atoms with E-state index in [-0.39, 0.29) is 28.7 Å². The van der Waals surface area contributed by atoms with Gasteiger partial charge in [0, 0.05) is 5.56 Å². The molecule has 0 saturated heterocycles. The molecule has 0 saturated carbocycles. The summed E-state index contributed by atoms with van der Waals surface area (Å²) in [5, 5.41) is 8.98. The van der Waals surface area contributed by atoms with Crippen LogP contribution < -0.4 is 0 Å². The molecule has 0 aliphatic heterocycles. The summed E-state index contributed by atoms with van der Waals surface area (Å²) in [6.07, 6.45) is -2.41. The van der Waals surface area contributed by atoms with Crippen molar-refractivity contribution in [3.63, 3.8) is 0 Å². The molecule has 3 nitrogen and oxygen atoms in total. The summed E-state index contributed by atoms with van der Waals surface area (Å²) in [4.78, 5) is 11.4. The maximum atomic E-state index is 12.7. The number of nitriles is 1. The molecule has 1 aromatic rings. The molecule has 5 heteroatoms. The Morgan fingerprint density at radius 3 is 2.59 bits per heavy atom. The molecule has 0 spiro atoms. The van der Waals surface area contributed by atoms with Gasteiger partial charge >= 0.3 is 5.97 Å². The summed E-state index contributed by atoms with van der Waals surface area (Å²) >= 11 is 0. The topological polar surface area (TPSA) is 50.1 Å². The normalized spacial score (nSPS) is 10.1. The van der Waals surface area contributed by atoms with Gasteiger partial charge in [0.2, 0.25) is 0 Å². The zero-order valence-electron chi connectivity index (χ0n) is 9.46. The molecule has 0 heterocycles. The fraction of sp³-hybridized carbons (Fsp3) is 0.333. The number of esters is 1. The average molecular weight is 239 g/mol. The standard InChI is InChI=1S/C12H11F2NO2/c1-3-7-8(11(13)14)4-5-9(10(7)6-15)12(16)17-2/h4-5,11H,3H2,1-2H3. The molecule has 90 valence electrons. The van der Waals surface area contributed by atoms with Gasteiger partial charge < -0.3 is 4.74 Å². The maximum absolute atomic E-state index is 12.7. The van der Waals surface area contributed by atoms with E-state index in [0.29, 0.717) is 0 Å². The van der Waals surface area contributed by atoms with E-state index in [9.17, 15) is 13.6 Å². The molecule has 0 radical (unpaired) electrons. The average Bonchev–Trinajstić information content (AvgIpc) is 2.35. The lowest BCUT2D eigenvalue weighted by atomic mass is 9.95. The fourth-order valence-corrected chi connectivity index (χ4v) is 1.66. The number of rotatable bonds is 3. The molecular weight excluding hydrogens is 228 g/mol. The molecule has 0 aromatic heterocycles. The Morgan fingerprint density at radius 2 is 2.18 bits per heavy atom. The van der Waals surface area contributed by atoms with E-state index in [1.807, 2.05) is 0 Å². The van der Waals surface area contributed by atoms with E-state index in [2.05, 4.69) is 4.74 Å². The first-order chi connectivity index (χ1) is 8.06. The van der Waals surface area contributed by atoms with Crippen LogP contribution in [0.5, 0.6) is 0 Å². The van der Waals surface area contributed by atoms with Gasteiger partial charge in [-0.05, 0) is 18.1 Å². The van der Waals surface area contributed by atoms with Gasteiger partial charge in [0.1, 0.15) is 6.07 Å². The maximum Gasteiger partial charge on any atom is 0.339 e. The van der Waals surface area contributed by atoms with Crippen LogP contribution in [0.15, 0.2) is 12.1 Å². The van der Waals surface area contributed by atoms with Crippen LogP contribution in [-0.2, 0) is 11.2 Å². The Bertz CT molecular complexity index is 478. The van der Waals surface area contributed by atoms with Crippen molar-refractivity contribution in [3.8, 4) is 6.07 Å². The van der Waals surface area contributed by atoms with Crippen molar-refractivity contribution in [3.05, 3.63) is 34.4 Å². The van der Waals surface area contributed by atoms with Crippen LogP contribution in [0.3, 0.4) is 0 Å². The van der Waals surface area contributed by atoms with Crippen molar-refractivity contribution in [2.24, 2.45) is 0 Å². The van der Waals surface area contributed by atoms with Crippen molar-refractivity contribution >= 4 is 5.97 Å². The smallest absolute Gasteiger partial charge is 0.339 e. The minimum absolute atomic E-state index is 0.0243. The van der Waals surface area contributed by atoms with Gasteiger partial charge in [-0.1, -0.05) is 13.0 Å². The molecule has 0 amide bonds. The second kappa shape index (κ2) is 5.39. The van der Waals surface area contributed by atoms with Crippen LogP contribution >= 0.6 is 0 Å². The van der Waals surface area contributed by atoms with Crippen LogP contribution in [0.25, 0.3) is 0 Å². The summed E-state index contributed by atoms with van der Waals surface area (Å²) in [5.41, 5.74) is -0.0181. The van der Waals surface area contributed by atoms with Gasteiger partial charge in [-0.25, -0.2) is 13.6 Å². The molecule has 1 aromatic carbocycles. The Labute approximate surface area is 97.6 Å². The van der Waals surface area contributed by atoms with E-state index in [1.54, 1.807) is 13.0 Å². The third-order valence-electron chi connectivity index (χ3n) is 2.45. The van der Waals surface area contributed by atoms with E-state index < -0.39 is 12.4 Å². The zero-order chi connectivity index (χ0) is 13.0. The van der Waals surface area contributed by atoms with Crippen molar-refractivity contribution in [1.82, 2.24) is 0 Å². The molecule has 17 heavy (non-hydrogen) atoms. The predicted octanol–water partition coefficient (Wildman–Crippen LogP) is 2.84. The number of hydrogen-bond donors (Lipinski definition) is 0. The van der Waals surface area contributed by atoms with Gasteiger partial charge in [0.05, 0.1) is 18.2 Å². The van der Waals surface area contributed by atoms with Crippen molar-refractivity contribution in [2.45, 2.75) is 19.8 Å². The highest BCUT2D eigenvalue weighted by atomic mass is 19.3. The Balaban J connectivity index is 3.50. The highest BCUT2D eigenvalue weighted by Crippen LogP contribution is 2.28. The lowest BCUT2D eigenvalue weighted by Gasteiger charge is -2.11. The first-order valence-electron chi connectivity index (χ1n) is 4.99. The number of ether oxygens (including phenoxy) is 1. The molecule has 0 aliphatic rings. The molecule has 0 N–H and O–H groups in total. The number of halogens is 2. The van der Waals surface area contributed by atoms with E-state index in [1.165, 1.54) is 13.2 Å². The highest BCUT2D eigenvalue weighted by Gasteiger charge is 2.21. The number of nitrogens with zero attached hydrogens (tertiary/aromatic N) is 1. The van der Waals surface area contributed by atoms with Crippen LogP contribution in [0.2, 0.25) is 0 Å². The summed E-state index contributed by atoms with van der Waals surface area (Å²) in [5.74, 6) is -0.697. The third-order valence-corrected chi connectivity index (χ3v) is 2.45. The number of carbonyl (C=O) groups is 1. The summed E-state index contributed by atoms with van der Waals surface area (Å²) < 4.78 is 29.9. The highest BCUT2D eigenvalue weighted by molar-refractivity contribution is 5.92. The predicted molar refractivity (Wildman–Crippen MR) is 56.8 cm³/mol. The molecule has 1 rings (SSSR count). The molecular formula is C12H11F2NO2. The van der Waals surface area contributed by atoms with Gasteiger partial charge in [-0.15, -0.1) is 0 Å². The molecule has 0 atom stereocenters. The van der Waals surface area contributed by atoms with Crippen molar-refractivity contribution in [1.29, 1.82) is 5.26 Å². The molecule has 0 fully saturated rings. The summed E-state index contributed by atoms with van der Waals surface area (Å²) in [6.45, 7) is 1.66. The van der Waals surface area contributed by atoms with Gasteiger partial charge in [-0.3, -0.25) is 0 Å². The lowest BCUT2D eigenvalue weighted by Crippen LogP contribution is -2.08. The second-order valence-electron chi connectivity index (χ2n) is 3.31. The first-order valence-corrected chi connectivity index (χ1v) is 4.99. The van der Waals surface area contributed by atoms with Crippen LogP contribution in [0, 0.1) is 11.3 Å². The largest absolute Gasteiger partial charge is 0.465 e. The lowest BCUT2D eigenvalue weighted by molar-refractivity contribution is 0.0600. The van der Waals surface area contributed by atoms with Gasteiger partial charge in [-0.2, -0.15) is 5.26 Å². The molecule has 0 bridgehead atoms. The van der Waals surface area contributed by atoms with Gasteiger partial charge in [0.15, 0.2) is 0 Å². The molecule has 0 aliphatic carbocycles. The second-order valence-corrected chi connectivity index (χ2v) is 3.31. The monoisotopic (exact) mass is 239 g/mol. The summed E-state index contributed by atoms with van der Waals surface area (Å²) in [7, 11) is 1.18. The minimum atomic E-state index is -2.66. The quantitative estimate of drug-likeness (QED) is 0.762. The number of benzene rings is 1. The third kappa shape index (κ3) is 2.41. The van der Waals surface area contributed by atoms with Crippen LogP contribution in [0.1, 0.15) is 40.4 Å². The number of hydrogen-bond acceptors (Lipinski definition) is 3. The number of carbonyl (C=O) groups excluding carboxylic acids is 1. The van der Waals surface area contributed by atoms with Crippen LogP contribution in [0.4, 0.5) is 8.78 Å². The van der Waals surface area contributed by atoms with Crippen molar-refractivity contribution < 1.29 is 18.3 Å². The van der Waals surface area contributed by atoms with E-state index >= 15 is 0 Å². The zero-order valence-corrected chi connectivity index (χ0v) is 9.46. The Hall–Kier alpha value is -1.96. The number of alkyl halides is 2. The van der Waals surface area contributed by atoms with Gasteiger partial charge in [0.25, 0.3) is 6.43 Å². The Kier molecular flexibility index (Phi) is 4.16. The fourth-order valence-electron chi connectivity index (χ4n) is 1.66. The summed E-state index contributed by atoms with van der Waals surface area (Å²) in [6, 6.07) is 4.15. The minimum Gasteiger partial charge on any atom is -0.465 e. The van der Waals surface area contributed by atoms with E-state index in [4.69, 9.17) is 5.26 Å². The van der Waals surface area contributed by atoms with Crippen molar-refractivity contribution in [2.75, 3.05) is 7.11 Å². The molecule has 0 unspecified atom stereocenters. The SMILES string of the molecule is CCc1c(C(F)F)ccc(C(=O)OC)c1C#N. The Morgan fingerprint density at radius 1 is 1.53 bits per heavy atom. The first kappa shape index (κ1) is 13.1. The van der Waals surface area contributed by atoms with E-state index in [0.717, 1.165) is 6.07 Å².